The lowest BCUT2D eigenvalue weighted by Gasteiger charge is -2.31. The van der Waals surface area contributed by atoms with Crippen molar-refractivity contribution in [2.24, 2.45) is 5.92 Å². The van der Waals surface area contributed by atoms with E-state index in [1.54, 1.807) is 0 Å². The van der Waals surface area contributed by atoms with Crippen molar-refractivity contribution in [1.82, 2.24) is 15.0 Å². The second kappa shape index (κ2) is 9.10. The molecule has 30 heavy (non-hydrogen) atoms. The Morgan fingerprint density at radius 1 is 1.27 bits per heavy atom. The van der Waals surface area contributed by atoms with Crippen LogP contribution in [0.3, 0.4) is 0 Å². The summed E-state index contributed by atoms with van der Waals surface area (Å²) < 4.78 is 6.44. The molecule has 1 aromatic heterocycles. The van der Waals surface area contributed by atoms with E-state index in [1.165, 1.54) is 5.56 Å². The third-order valence-electron chi connectivity index (χ3n) is 5.65. The number of nitrogens with zero attached hydrogens (tertiary/aromatic N) is 3. The Balaban J connectivity index is 1.38. The smallest absolute Gasteiger partial charge is 0.241 e. The number of benzene rings is 2. The molecule has 7 heteroatoms. The van der Waals surface area contributed by atoms with Crippen LogP contribution in [0.4, 0.5) is 5.69 Å². The first-order chi connectivity index (χ1) is 14.5. The normalized spacial score (nSPS) is 17.1. The van der Waals surface area contributed by atoms with E-state index in [9.17, 15) is 4.79 Å². The number of likely N-dealkylation sites (tertiary alicyclic amines) is 1. The van der Waals surface area contributed by atoms with Crippen LogP contribution in [-0.4, -0.2) is 34.0 Å². The number of amides is 1. The van der Waals surface area contributed by atoms with Gasteiger partial charge in [-0.2, -0.15) is 4.98 Å². The topological polar surface area (TPSA) is 71.3 Å². The first-order valence-electron chi connectivity index (χ1n) is 10.2. The summed E-state index contributed by atoms with van der Waals surface area (Å²) in [7, 11) is 0. The number of halogens is 1. The van der Waals surface area contributed by atoms with E-state index in [1.807, 2.05) is 43.3 Å². The fraction of sp³-hybridized carbons (Fsp3) is 0.348. The van der Waals surface area contributed by atoms with Gasteiger partial charge in [-0.1, -0.05) is 45.4 Å². The van der Waals surface area contributed by atoms with Gasteiger partial charge in [0.05, 0.1) is 12.5 Å². The Hall–Kier alpha value is -2.51. The van der Waals surface area contributed by atoms with Gasteiger partial charge in [-0.3, -0.25) is 9.69 Å². The molecule has 2 aromatic carbocycles. The molecular weight excluding hydrogens is 444 g/mol. The van der Waals surface area contributed by atoms with Crippen LogP contribution in [-0.2, 0) is 11.3 Å². The summed E-state index contributed by atoms with van der Waals surface area (Å²) in [6.45, 7) is 6.25. The van der Waals surface area contributed by atoms with Crippen LogP contribution in [0.25, 0.3) is 11.4 Å². The molecule has 0 bridgehead atoms. The minimum absolute atomic E-state index is 0.0499. The van der Waals surface area contributed by atoms with Crippen LogP contribution < -0.4 is 5.32 Å². The SMILES string of the molecule is Cc1cccc(NC(=O)C2CCCN(Cc3nc(-c4cccc(Br)c4)no3)C2)c1C. The minimum Gasteiger partial charge on any atom is -0.338 e. The van der Waals surface area contributed by atoms with Crippen LogP contribution in [0.2, 0.25) is 0 Å². The number of hydrogen-bond donors (Lipinski definition) is 1. The molecule has 4 rings (SSSR count). The summed E-state index contributed by atoms with van der Waals surface area (Å²) in [5.74, 6) is 1.17. The lowest BCUT2D eigenvalue weighted by atomic mass is 9.96. The van der Waals surface area contributed by atoms with Gasteiger partial charge < -0.3 is 9.84 Å². The maximum absolute atomic E-state index is 12.9. The van der Waals surface area contributed by atoms with Gasteiger partial charge >= 0.3 is 0 Å². The van der Waals surface area contributed by atoms with E-state index in [2.05, 4.69) is 49.3 Å². The monoisotopic (exact) mass is 468 g/mol. The van der Waals surface area contributed by atoms with Crippen molar-refractivity contribution < 1.29 is 9.32 Å². The molecule has 1 atom stereocenters. The van der Waals surface area contributed by atoms with Gasteiger partial charge in [0.15, 0.2) is 0 Å². The first kappa shape index (κ1) is 20.8. The number of hydrogen-bond acceptors (Lipinski definition) is 5. The molecule has 0 saturated carbocycles. The van der Waals surface area contributed by atoms with Gasteiger partial charge in [0.25, 0.3) is 0 Å². The number of nitrogens with one attached hydrogen (secondary N) is 1. The van der Waals surface area contributed by atoms with Crippen molar-refractivity contribution in [3.05, 3.63) is 64.0 Å². The van der Waals surface area contributed by atoms with Crippen LogP contribution in [0.1, 0.15) is 29.9 Å². The standard InChI is InChI=1S/C23H25BrN4O2/c1-15-6-3-10-20(16(15)2)25-23(29)18-8-5-11-28(13-18)14-21-26-22(27-30-21)17-7-4-9-19(24)12-17/h3-4,6-7,9-10,12,18H,5,8,11,13-14H2,1-2H3,(H,25,29). The third kappa shape index (κ3) is 4.79. The number of carbonyl (C=O) groups is 1. The Kier molecular flexibility index (Phi) is 6.29. The Morgan fingerprint density at radius 3 is 2.93 bits per heavy atom. The average molecular weight is 469 g/mol. The van der Waals surface area contributed by atoms with Gasteiger partial charge in [0, 0.05) is 22.3 Å². The molecule has 1 aliphatic heterocycles. The summed E-state index contributed by atoms with van der Waals surface area (Å²) in [5, 5.41) is 7.22. The van der Waals surface area contributed by atoms with E-state index in [-0.39, 0.29) is 11.8 Å². The van der Waals surface area contributed by atoms with E-state index in [0.717, 1.165) is 40.7 Å². The number of carbonyl (C=O) groups excluding carboxylic acids is 1. The molecule has 1 fully saturated rings. The van der Waals surface area contributed by atoms with Crippen LogP contribution in [0.15, 0.2) is 51.5 Å². The number of aryl methyl sites for hydroxylation is 1. The zero-order valence-electron chi connectivity index (χ0n) is 17.2. The molecule has 1 aliphatic rings. The summed E-state index contributed by atoms with van der Waals surface area (Å²) in [6.07, 6.45) is 1.86. The fourth-order valence-corrected chi connectivity index (χ4v) is 4.19. The molecule has 0 spiro atoms. The molecular formula is C23H25BrN4O2. The zero-order chi connectivity index (χ0) is 21.1. The molecule has 2 heterocycles. The van der Waals surface area contributed by atoms with E-state index in [4.69, 9.17) is 4.52 Å². The van der Waals surface area contributed by atoms with E-state index >= 15 is 0 Å². The molecule has 0 aliphatic carbocycles. The summed E-state index contributed by atoms with van der Waals surface area (Å²) in [6, 6.07) is 13.8. The third-order valence-corrected chi connectivity index (χ3v) is 6.14. The predicted molar refractivity (Wildman–Crippen MR) is 120 cm³/mol. The molecule has 1 amide bonds. The highest BCUT2D eigenvalue weighted by Gasteiger charge is 2.27. The molecule has 3 aromatic rings. The van der Waals surface area contributed by atoms with Gasteiger partial charge in [0.1, 0.15) is 0 Å². The van der Waals surface area contributed by atoms with Gasteiger partial charge in [-0.05, 0) is 62.6 Å². The van der Waals surface area contributed by atoms with Crippen LogP contribution in [0.5, 0.6) is 0 Å². The van der Waals surface area contributed by atoms with Crippen molar-refractivity contribution in [2.45, 2.75) is 33.2 Å². The lowest BCUT2D eigenvalue weighted by molar-refractivity contribution is -0.121. The molecule has 1 unspecified atom stereocenters. The highest BCUT2D eigenvalue weighted by Crippen LogP contribution is 2.24. The molecule has 6 nitrogen and oxygen atoms in total. The van der Waals surface area contributed by atoms with Crippen molar-refractivity contribution in [3.8, 4) is 11.4 Å². The molecule has 0 radical (unpaired) electrons. The van der Waals surface area contributed by atoms with E-state index < -0.39 is 0 Å². The second-order valence-corrected chi connectivity index (χ2v) is 8.75. The second-order valence-electron chi connectivity index (χ2n) is 7.83. The Morgan fingerprint density at radius 2 is 2.10 bits per heavy atom. The zero-order valence-corrected chi connectivity index (χ0v) is 18.8. The average Bonchev–Trinajstić information content (AvgIpc) is 3.20. The maximum Gasteiger partial charge on any atom is 0.241 e. The lowest BCUT2D eigenvalue weighted by Crippen LogP contribution is -2.40. The van der Waals surface area contributed by atoms with E-state index in [0.29, 0.717) is 24.8 Å². The largest absolute Gasteiger partial charge is 0.338 e. The van der Waals surface area contributed by atoms with Crippen LogP contribution >= 0.6 is 15.9 Å². The Bertz CT molecular complexity index is 1050. The number of anilines is 1. The molecule has 1 N–H and O–H groups in total. The van der Waals surface area contributed by atoms with Gasteiger partial charge in [-0.25, -0.2) is 0 Å². The fourth-order valence-electron chi connectivity index (χ4n) is 3.79. The van der Waals surface area contributed by atoms with Gasteiger partial charge in [0.2, 0.25) is 17.6 Å². The molecule has 1 saturated heterocycles. The van der Waals surface area contributed by atoms with Crippen molar-refractivity contribution in [1.29, 1.82) is 0 Å². The first-order valence-corrected chi connectivity index (χ1v) is 11.0. The Labute approximate surface area is 184 Å². The minimum atomic E-state index is -0.0499. The highest BCUT2D eigenvalue weighted by molar-refractivity contribution is 9.10. The summed E-state index contributed by atoms with van der Waals surface area (Å²) in [4.78, 5) is 19.6. The number of rotatable bonds is 5. The summed E-state index contributed by atoms with van der Waals surface area (Å²) in [5.41, 5.74) is 4.09. The highest BCUT2D eigenvalue weighted by atomic mass is 79.9. The molecule has 156 valence electrons. The van der Waals surface area contributed by atoms with Crippen molar-refractivity contribution in [3.63, 3.8) is 0 Å². The van der Waals surface area contributed by atoms with Crippen molar-refractivity contribution in [2.75, 3.05) is 18.4 Å². The number of piperidine rings is 1. The summed E-state index contributed by atoms with van der Waals surface area (Å²) >= 11 is 3.47. The maximum atomic E-state index is 12.9. The van der Waals surface area contributed by atoms with Crippen molar-refractivity contribution >= 4 is 27.5 Å². The quantitative estimate of drug-likeness (QED) is 0.572. The predicted octanol–water partition coefficient (Wildman–Crippen LogP) is 4.97. The van der Waals surface area contributed by atoms with Gasteiger partial charge in [-0.15, -0.1) is 0 Å². The number of aromatic nitrogens is 2. The van der Waals surface area contributed by atoms with Crippen LogP contribution in [0, 0.1) is 19.8 Å².